The fourth-order valence-electron chi connectivity index (χ4n) is 1.40. The van der Waals surface area contributed by atoms with Gasteiger partial charge in [0.05, 0.1) is 0 Å². The Balaban J connectivity index is 3.66. The van der Waals surface area contributed by atoms with Gasteiger partial charge in [0.1, 0.15) is 11.4 Å². The van der Waals surface area contributed by atoms with E-state index < -0.39 is 35.0 Å². The summed E-state index contributed by atoms with van der Waals surface area (Å²) in [5, 5.41) is 1.46. The first kappa shape index (κ1) is 13.8. The molecule has 0 fully saturated rings. The quantitative estimate of drug-likeness (QED) is 0.722. The van der Waals surface area contributed by atoms with Crippen LogP contribution in [0.4, 0.5) is 30.7 Å². The number of allylic oxidation sites excluding steroid dienone is 2. The van der Waals surface area contributed by atoms with Gasteiger partial charge in [-0.2, -0.15) is 26.3 Å². The van der Waals surface area contributed by atoms with Crippen LogP contribution < -0.4 is 5.32 Å². The van der Waals surface area contributed by atoms with E-state index in [0.29, 0.717) is 7.05 Å². The van der Waals surface area contributed by atoms with Gasteiger partial charge in [0.15, 0.2) is 5.83 Å². The number of aliphatic imine (C=N–C) groups is 1. The first-order valence-corrected chi connectivity index (χ1v) is 4.24. The monoisotopic (exact) mass is 264 g/mol. The summed E-state index contributed by atoms with van der Waals surface area (Å²) >= 11 is 0. The molecule has 9 heteroatoms. The zero-order chi connectivity index (χ0) is 13.6. The molecule has 0 heterocycles. The Labute approximate surface area is 91.2 Å². The van der Waals surface area contributed by atoms with E-state index in [4.69, 9.17) is 0 Å². The molecule has 0 unspecified atom stereocenters. The molecule has 98 valence electrons. The van der Waals surface area contributed by atoms with Crippen molar-refractivity contribution < 1.29 is 30.7 Å². The van der Waals surface area contributed by atoms with Crippen LogP contribution in [0.3, 0.4) is 0 Å². The molecule has 0 spiro atoms. The second-order valence-corrected chi connectivity index (χ2v) is 3.23. The molecule has 0 radical (unpaired) electrons. The molecular formula is C8H7F7N2. The average Bonchev–Trinajstić information content (AvgIpc) is 2.16. The second kappa shape index (κ2) is 3.61. The average molecular weight is 264 g/mol. The Morgan fingerprint density at radius 2 is 1.47 bits per heavy atom. The van der Waals surface area contributed by atoms with E-state index in [1.54, 1.807) is 0 Å². The van der Waals surface area contributed by atoms with Gasteiger partial charge in [-0.15, -0.1) is 0 Å². The third-order valence-corrected chi connectivity index (χ3v) is 2.30. The lowest BCUT2D eigenvalue weighted by Crippen LogP contribution is -2.63. The molecule has 0 aromatic rings. The summed E-state index contributed by atoms with van der Waals surface area (Å²) in [7, 11) is 1.32. The molecule has 0 aromatic carbocycles. The van der Waals surface area contributed by atoms with Gasteiger partial charge in [-0.25, -0.2) is 4.39 Å². The van der Waals surface area contributed by atoms with Gasteiger partial charge in [0, 0.05) is 14.1 Å². The molecule has 1 rings (SSSR count). The molecule has 0 aliphatic heterocycles. The summed E-state index contributed by atoms with van der Waals surface area (Å²) in [5.74, 6) is -18.7. The lowest BCUT2D eigenvalue weighted by atomic mass is 9.89. The molecule has 0 saturated heterocycles. The minimum Gasteiger partial charge on any atom is -0.384 e. The maximum absolute atomic E-state index is 13.2. The summed E-state index contributed by atoms with van der Waals surface area (Å²) in [6.07, 6.45) is 0. The normalized spacial score (nSPS) is 28.4. The van der Waals surface area contributed by atoms with E-state index in [1.165, 1.54) is 5.32 Å². The first-order valence-electron chi connectivity index (χ1n) is 4.24. The van der Waals surface area contributed by atoms with Crippen molar-refractivity contribution in [1.29, 1.82) is 0 Å². The molecule has 0 atom stereocenters. The minimum absolute atomic E-state index is 0.607. The van der Waals surface area contributed by atoms with Crippen LogP contribution in [-0.2, 0) is 0 Å². The zero-order valence-electron chi connectivity index (χ0n) is 8.59. The van der Waals surface area contributed by atoms with Crippen molar-refractivity contribution in [3.05, 3.63) is 11.5 Å². The molecule has 2 nitrogen and oxygen atoms in total. The molecule has 0 bridgehead atoms. The number of hydrogen-bond acceptors (Lipinski definition) is 2. The Morgan fingerprint density at radius 3 is 1.82 bits per heavy atom. The summed E-state index contributed by atoms with van der Waals surface area (Å²) in [6, 6.07) is 0. The highest BCUT2D eigenvalue weighted by Gasteiger charge is 2.78. The number of hydrogen-bond donors (Lipinski definition) is 1. The smallest absolute Gasteiger partial charge is 0.383 e. The predicted octanol–water partition coefficient (Wildman–Crippen LogP) is 2.38. The van der Waals surface area contributed by atoms with Gasteiger partial charge in [0.25, 0.3) is 0 Å². The van der Waals surface area contributed by atoms with Crippen LogP contribution in [0.25, 0.3) is 0 Å². The van der Waals surface area contributed by atoms with E-state index in [9.17, 15) is 30.7 Å². The molecule has 1 aliphatic carbocycles. The number of nitrogens with one attached hydrogen (secondary N) is 1. The van der Waals surface area contributed by atoms with Crippen LogP contribution in [0, 0.1) is 0 Å². The van der Waals surface area contributed by atoms with Crippen molar-refractivity contribution in [1.82, 2.24) is 5.32 Å². The molecule has 1 N–H and O–H groups in total. The van der Waals surface area contributed by atoms with E-state index in [2.05, 4.69) is 4.99 Å². The molecule has 0 aromatic heterocycles. The van der Waals surface area contributed by atoms with Crippen molar-refractivity contribution >= 4 is 5.71 Å². The van der Waals surface area contributed by atoms with Crippen molar-refractivity contribution in [2.24, 2.45) is 4.99 Å². The summed E-state index contributed by atoms with van der Waals surface area (Å²) in [4.78, 5) is 2.62. The summed E-state index contributed by atoms with van der Waals surface area (Å²) < 4.78 is 91.4. The van der Waals surface area contributed by atoms with E-state index in [1.807, 2.05) is 0 Å². The van der Waals surface area contributed by atoms with Crippen LogP contribution >= 0.6 is 0 Å². The van der Waals surface area contributed by atoms with Crippen LogP contribution in [-0.4, -0.2) is 37.6 Å². The van der Waals surface area contributed by atoms with Gasteiger partial charge in [0.2, 0.25) is 0 Å². The second-order valence-electron chi connectivity index (χ2n) is 3.23. The largest absolute Gasteiger partial charge is 0.384 e. The van der Waals surface area contributed by atoms with Crippen LogP contribution in [0.5, 0.6) is 0 Å². The van der Waals surface area contributed by atoms with Crippen molar-refractivity contribution in [2.45, 2.75) is 17.8 Å². The van der Waals surface area contributed by atoms with Crippen molar-refractivity contribution in [2.75, 3.05) is 14.1 Å². The van der Waals surface area contributed by atoms with E-state index in [-0.39, 0.29) is 0 Å². The Hall–Kier alpha value is -1.28. The highest BCUT2D eigenvalue weighted by molar-refractivity contribution is 6.06. The highest BCUT2D eigenvalue weighted by Crippen LogP contribution is 2.54. The maximum Gasteiger partial charge on any atom is 0.383 e. The zero-order valence-corrected chi connectivity index (χ0v) is 8.59. The van der Waals surface area contributed by atoms with Crippen LogP contribution in [0.1, 0.15) is 0 Å². The third-order valence-electron chi connectivity index (χ3n) is 2.30. The fourth-order valence-corrected chi connectivity index (χ4v) is 1.40. The minimum atomic E-state index is -5.76. The molecule has 1 aliphatic rings. The van der Waals surface area contributed by atoms with Crippen LogP contribution in [0.2, 0.25) is 0 Å². The number of halogens is 7. The SMILES string of the molecule is CN=C1C(F)=C(NC)C(F)(F)C(F)(F)C1(F)F. The standard InChI is InChI=1S/C8H7F7N2/c1-16-4-3(9)5(17-2)7(12,13)8(14,15)6(4,10)11/h16H,1-2H3. The number of rotatable bonds is 1. The molecular weight excluding hydrogens is 257 g/mol. The predicted molar refractivity (Wildman–Crippen MR) is 45.4 cm³/mol. The molecule has 17 heavy (non-hydrogen) atoms. The van der Waals surface area contributed by atoms with Gasteiger partial charge in [-0.3, -0.25) is 4.99 Å². The Kier molecular flexibility index (Phi) is 2.92. The Morgan fingerprint density at radius 1 is 1.00 bits per heavy atom. The fraction of sp³-hybridized carbons (Fsp3) is 0.625. The lowest BCUT2D eigenvalue weighted by Gasteiger charge is -2.38. The van der Waals surface area contributed by atoms with Crippen molar-refractivity contribution in [3.63, 3.8) is 0 Å². The van der Waals surface area contributed by atoms with Gasteiger partial charge in [-0.1, -0.05) is 0 Å². The molecule has 0 amide bonds. The maximum atomic E-state index is 13.2. The summed E-state index contributed by atoms with van der Waals surface area (Å²) in [5.41, 5.74) is -3.91. The van der Waals surface area contributed by atoms with Crippen molar-refractivity contribution in [3.8, 4) is 0 Å². The van der Waals surface area contributed by atoms with Crippen LogP contribution in [0.15, 0.2) is 16.5 Å². The number of alkyl halides is 6. The summed E-state index contributed by atoms with van der Waals surface area (Å²) in [6.45, 7) is 0. The topological polar surface area (TPSA) is 24.4 Å². The van der Waals surface area contributed by atoms with Gasteiger partial charge >= 0.3 is 17.8 Å². The van der Waals surface area contributed by atoms with Gasteiger partial charge < -0.3 is 5.32 Å². The van der Waals surface area contributed by atoms with E-state index >= 15 is 0 Å². The number of nitrogens with zero attached hydrogens (tertiary/aromatic N) is 1. The molecule has 0 saturated carbocycles. The lowest BCUT2D eigenvalue weighted by molar-refractivity contribution is -0.275. The van der Waals surface area contributed by atoms with E-state index in [0.717, 1.165) is 7.05 Å². The van der Waals surface area contributed by atoms with Gasteiger partial charge in [-0.05, 0) is 0 Å². The Bertz CT molecular complexity index is 397. The first-order chi connectivity index (χ1) is 7.55. The third kappa shape index (κ3) is 1.44. The highest BCUT2D eigenvalue weighted by atomic mass is 19.3.